The topological polar surface area (TPSA) is 49.3 Å². The van der Waals surface area contributed by atoms with Crippen LogP contribution in [0.2, 0.25) is 0 Å². The molecule has 2 atom stereocenters. The predicted octanol–water partition coefficient (Wildman–Crippen LogP) is 1.61. The molecule has 0 saturated carbocycles. The molecular formula is C10H10FNO2S. The number of rotatable bonds is 2. The quantitative estimate of drug-likeness (QED) is 0.806. The normalized spacial score (nSPS) is 25.4. The lowest BCUT2D eigenvalue weighted by atomic mass is 10.2. The standard InChI is InChI=1S/C10H10FNO2S/c11-7-4-2-1-3-6(7)9-12-8(5-15-9)10(13)14/h1-4,8-9,12H,5H2,(H,13,14)/t8-,9-/m1/s1. The van der Waals surface area contributed by atoms with E-state index < -0.39 is 12.0 Å². The Morgan fingerprint density at radius 3 is 2.87 bits per heavy atom. The molecule has 1 saturated heterocycles. The number of halogens is 1. The highest BCUT2D eigenvalue weighted by Crippen LogP contribution is 2.33. The largest absolute Gasteiger partial charge is 0.480 e. The highest BCUT2D eigenvalue weighted by atomic mass is 32.2. The van der Waals surface area contributed by atoms with Gasteiger partial charge in [-0.15, -0.1) is 11.8 Å². The Morgan fingerprint density at radius 2 is 2.27 bits per heavy atom. The molecule has 0 amide bonds. The average Bonchev–Trinajstić information content (AvgIpc) is 2.67. The second-order valence-electron chi connectivity index (χ2n) is 3.29. The number of carbonyl (C=O) groups is 1. The molecular weight excluding hydrogens is 217 g/mol. The van der Waals surface area contributed by atoms with E-state index in [4.69, 9.17) is 5.11 Å². The molecule has 0 aliphatic carbocycles. The monoisotopic (exact) mass is 227 g/mol. The van der Waals surface area contributed by atoms with Crippen molar-refractivity contribution in [3.63, 3.8) is 0 Å². The van der Waals surface area contributed by atoms with Crippen molar-refractivity contribution in [2.24, 2.45) is 0 Å². The van der Waals surface area contributed by atoms with Crippen LogP contribution >= 0.6 is 11.8 Å². The zero-order valence-corrected chi connectivity index (χ0v) is 8.63. The number of carboxylic acid groups (broad SMARTS) is 1. The molecule has 15 heavy (non-hydrogen) atoms. The number of hydrogen-bond acceptors (Lipinski definition) is 3. The van der Waals surface area contributed by atoms with Crippen molar-refractivity contribution in [2.45, 2.75) is 11.4 Å². The van der Waals surface area contributed by atoms with Gasteiger partial charge in [-0.2, -0.15) is 0 Å². The van der Waals surface area contributed by atoms with Gasteiger partial charge in [-0.1, -0.05) is 18.2 Å². The Hall–Kier alpha value is -1.07. The SMILES string of the molecule is O=C(O)[C@H]1CS[C@H](c2ccccc2F)N1. The summed E-state index contributed by atoms with van der Waals surface area (Å²) >= 11 is 1.41. The van der Waals surface area contributed by atoms with Gasteiger partial charge in [0.25, 0.3) is 0 Å². The van der Waals surface area contributed by atoms with E-state index in [2.05, 4.69) is 5.32 Å². The maximum atomic E-state index is 13.4. The Bertz CT molecular complexity index is 385. The van der Waals surface area contributed by atoms with Gasteiger partial charge >= 0.3 is 5.97 Å². The highest BCUT2D eigenvalue weighted by Gasteiger charge is 2.31. The lowest BCUT2D eigenvalue weighted by Crippen LogP contribution is -2.33. The summed E-state index contributed by atoms with van der Waals surface area (Å²) in [6.45, 7) is 0. The molecule has 3 nitrogen and oxygen atoms in total. The summed E-state index contributed by atoms with van der Waals surface area (Å²) in [4.78, 5) is 10.7. The van der Waals surface area contributed by atoms with Gasteiger partial charge in [-0.05, 0) is 6.07 Å². The fourth-order valence-corrected chi connectivity index (χ4v) is 2.74. The van der Waals surface area contributed by atoms with Gasteiger partial charge in [0.05, 0.1) is 5.37 Å². The number of benzene rings is 1. The van der Waals surface area contributed by atoms with Crippen LogP contribution in [-0.2, 0) is 4.79 Å². The Morgan fingerprint density at radius 1 is 1.53 bits per heavy atom. The number of carboxylic acids is 1. The molecule has 2 rings (SSSR count). The zero-order valence-electron chi connectivity index (χ0n) is 7.81. The van der Waals surface area contributed by atoms with Crippen LogP contribution in [-0.4, -0.2) is 22.9 Å². The minimum atomic E-state index is -0.888. The molecule has 0 spiro atoms. The van der Waals surface area contributed by atoms with E-state index in [-0.39, 0.29) is 11.2 Å². The molecule has 80 valence electrons. The van der Waals surface area contributed by atoms with Crippen molar-refractivity contribution in [1.82, 2.24) is 5.32 Å². The third kappa shape index (κ3) is 2.13. The van der Waals surface area contributed by atoms with Gasteiger partial charge < -0.3 is 5.11 Å². The fourth-order valence-electron chi connectivity index (χ4n) is 1.48. The van der Waals surface area contributed by atoms with Gasteiger partial charge in [0, 0.05) is 11.3 Å². The summed E-state index contributed by atoms with van der Waals surface area (Å²) in [5, 5.41) is 11.4. The first-order valence-electron chi connectivity index (χ1n) is 4.53. The van der Waals surface area contributed by atoms with Crippen molar-refractivity contribution in [3.05, 3.63) is 35.6 Å². The van der Waals surface area contributed by atoms with Crippen LogP contribution in [0, 0.1) is 5.82 Å². The summed E-state index contributed by atoms with van der Waals surface area (Å²) in [6, 6.07) is 5.83. The van der Waals surface area contributed by atoms with E-state index in [1.807, 2.05) is 0 Å². The summed E-state index contributed by atoms with van der Waals surface area (Å²) in [6.07, 6.45) is 0. The molecule has 1 aliphatic rings. The first-order valence-corrected chi connectivity index (χ1v) is 5.58. The van der Waals surface area contributed by atoms with E-state index in [0.29, 0.717) is 11.3 Å². The van der Waals surface area contributed by atoms with Crippen molar-refractivity contribution >= 4 is 17.7 Å². The number of aliphatic carboxylic acids is 1. The second kappa shape index (κ2) is 4.20. The number of thioether (sulfide) groups is 1. The predicted molar refractivity (Wildman–Crippen MR) is 56.2 cm³/mol. The minimum absolute atomic E-state index is 0.257. The molecule has 0 radical (unpaired) electrons. The first-order chi connectivity index (χ1) is 7.18. The first kappa shape index (κ1) is 10.4. The average molecular weight is 227 g/mol. The molecule has 1 aromatic rings. The van der Waals surface area contributed by atoms with Crippen LogP contribution < -0.4 is 5.32 Å². The number of hydrogen-bond donors (Lipinski definition) is 2. The van der Waals surface area contributed by atoms with Crippen molar-refractivity contribution in [1.29, 1.82) is 0 Å². The fraction of sp³-hybridized carbons (Fsp3) is 0.300. The lowest BCUT2D eigenvalue weighted by Gasteiger charge is -2.11. The molecule has 1 aromatic carbocycles. The maximum absolute atomic E-state index is 13.4. The summed E-state index contributed by atoms with van der Waals surface area (Å²) in [7, 11) is 0. The van der Waals surface area contributed by atoms with E-state index in [0.717, 1.165) is 0 Å². The molecule has 0 bridgehead atoms. The van der Waals surface area contributed by atoms with E-state index in [1.165, 1.54) is 17.8 Å². The zero-order chi connectivity index (χ0) is 10.8. The Balaban J connectivity index is 2.14. The summed E-state index contributed by atoms with van der Waals surface area (Å²) in [5.41, 5.74) is 0.520. The third-order valence-corrected chi connectivity index (χ3v) is 3.52. The number of nitrogens with one attached hydrogen (secondary N) is 1. The van der Waals surface area contributed by atoms with Gasteiger partial charge in [-0.25, -0.2) is 4.39 Å². The molecule has 1 heterocycles. The van der Waals surface area contributed by atoms with Crippen LogP contribution in [0.1, 0.15) is 10.9 Å². The Kier molecular flexibility index (Phi) is 2.93. The molecule has 1 aliphatic heterocycles. The molecule has 0 unspecified atom stereocenters. The summed E-state index contributed by atoms with van der Waals surface area (Å²) in [5.74, 6) is -0.719. The maximum Gasteiger partial charge on any atom is 0.321 e. The highest BCUT2D eigenvalue weighted by molar-refractivity contribution is 7.99. The molecule has 2 N–H and O–H groups in total. The van der Waals surface area contributed by atoms with Gasteiger partial charge in [0.15, 0.2) is 0 Å². The van der Waals surface area contributed by atoms with E-state index in [9.17, 15) is 9.18 Å². The van der Waals surface area contributed by atoms with E-state index in [1.54, 1.807) is 18.2 Å². The van der Waals surface area contributed by atoms with Crippen LogP contribution in [0.4, 0.5) is 4.39 Å². The minimum Gasteiger partial charge on any atom is -0.480 e. The molecule has 1 fully saturated rings. The van der Waals surface area contributed by atoms with Crippen LogP contribution in [0.25, 0.3) is 0 Å². The van der Waals surface area contributed by atoms with Gasteiger partial charge in [-0.3, -0.25) is 10.1 Å². The Labute approximate surface area is 90.7 Å². The lowest BCUT2D eigenvalue weighted by molar-refractivity contribution is -0.138. The molecule has 0 aromatic heterocycles. The second-order valence-corrected chi connectivity index (χ2v) is 4.43. The van der Waals surface area contributed by atoms with Gasteiger partial charge in [0.1, 0.15) is 11.9 Å². The van der Waals surface area contributed by atoms with Crippen LogP contribution in [0.3, 0.4) is 0 Å². The van der Waals surface area contributed by atoms with Crippen molar-refractivity contribution < 1.29 is 14.3 Å². The third-order valence-electron chi connectivity index (χ3n) is 2.27. The van der Waals surface area contributed by atoms with Crippen molar-refractivity contribution in [2.75, 3.05) is 5.75 Å². The smallest absolute Gasteiger partial charge is 0.321 e. The van der Waals surface area contributed by atoms with Gasteiger partial charge in [0.2, 0.25) is 0 Å². The van der Waals surface area contributed by atoms with Crippen molar-refractivity contribution in [3.8, 4) is 0 Å². The molecule has 5 heteroatoms. The van der Waals surface area contributed by atoms with Crippen LogP contribution in [0.5, 0.6) is 0 Å². The van der Waals surface area contributed by atoms with Crippen LogP contribution in [0.15, 0.2) is 24.3 Å². The summed E-state index contributed by atoms with van der Waals surface area (Å²) < 4.78 is 13.4. The van der Waals surface area contributed by atoms with E-state index >= 15 is 0 Å².